The summed E-state index contributed by atoms with van der Waals surface area (Å²) in [6.45, 7) is -2.04. The molecule has 0 bridgehead atoms. The summed E-state index contributed by atoms with van der Waals surface area (Å²) in [4.78, 5) is 4.21. The SMILES string of the molecule is Cc1cc(Cl)c(CO)c(Cn2c(CCl)nc3c(F)cc(Br)cc32)c1OC(F)F. The van der Waals surface area contributed by atoms with Crippen LogP contribution >= 0.6 is 39.1 Å². The molecule has 0 aliphatic heterocycles. The van der Waals surface area contributed by atoms with Gasteiger partial charge in [0.05, 0.1) is 24.5 Å². The summed E-state index contributed by atoms with van der Waals surface area (Å²) >= 11 is 15.4. The first-order chi connectivity index (χ1) is 13.3. The number of nitrogens with zero attached hydrogens (tertiary/aromatic N) is 2. The monoisotopic (exact) mass is 496 g/mol. The Kier molecular flexibility index (Phi) is 6.44. The van der Waals surface area contributed by atoms with Crippen LogP contribution in [0.2, 0.25) is 5.02 Å². The molecule has 0 radical (unpaired) electrons. The molecule has 28 heavy (non-hydrogen) atoms. The molecule has 10 heteroatoms. The smallest absolute Gasteiger partial charge is 0.387 e. The molecule has 1 heterocycles. The van der Waals surface area contributed by atoms with Crippen LogP contribution in [0.25, 0.3) is 11.0 Å². The Morgan fingerprint density at radius 1 is 1.29 bits per heavy atom. The number of rotatable bonds is 6. The molecule has 0 aliphatic rings. The number of aryl methyl sites for hydroxylation is 1. The largest absolute Gasteiger partial charge is 0.434 e. The first-order valence-corrected chi connectivity index (χ1v) is 9.74. The fraction of sp³-hybridized carbons (Fsp3) is 0.278. The van der Waals surface area contributed by atoms with E-state index in [4.69, 9.17) is 27.9 Å². The minimum atomic E-state index is -3.07. The number of hydrogen-bond acceptors (Lipinski definition) is 3. The van der Waals surface area contributed by atoms with Gasteiger partial charge in [-0.2, -0.15) is 8.78 Å². The lowest BCUT2D eigenvalue weighted by atomic mass is 10.0. The number of aliphatic hydroxyl groups excluding tert-OH is 1. The fourth-order valence-electron chi connectivity index (χ4n) is 3.09. The maximum atomic E-state index is 14.3. The topological polar surface area (TPSA) is 47.3 Å². The van der Waals surface area contributed by atoms with Crippen molar-refractivity contribution in [2.24, 2.45) is 0 Å². The van der Waals surface area contributed by atoms with Crippen molar-refractivity contribution in [1.29, 1.82) is 0 Å². The Morgan fingerprint density at radius 2 is 2.00 bits per heavy atom. The normalized spacial score (nSPS) is 11.6. The van der Waals surface area contributed by atoms with Crippen molar-refractivity contribution in [3.8, 4) is 5.75 Å². The minimum Gasteiger partial charge on any atom is -0.434 e. The fourth-order valence-corrected chi connectivity index (χ4v) is 4.05. The third-order valence-electron chi connectivity index (χ3n) is 4.28. The number of aromatic nitrogens is 2. The highest BCUT2D eigenvalue weighted by Crippen LogP contribution is 2.36. The number of hydrogen-bond donors (Lipinski definition) is 1. The van der Waals surface area contributed by atoms with E-state index in [2.05, 4.69) is 20.9 Å². The van der Waals surface area contributed by atoms with Crippen LogP contribution in [0.5, 0.6) is 5.75 Å². The Labute approximate surface area is 177 Å². The second-order valence-corrected chi connectivity index (χ2v) is 7.59. The van der Waals surface area contributed by atoms with Crippen molar-refractivity contribution >= 4 is 50.2 Å². The van der Waals surface area contributed by atoms with Crippen molar-refractivity contribution in [3.05, 3.63) is 56.0 Å². The molecule has 1 aromatic heterocycles. The van der Waals surface area contributed by atoms with E-state index in [0.717, 1.165) is 0 Å². The lowest BCUT2D eigenvalue weighted by Gasteiger charge is -2.19. The van der Waals surface area contributed by atoms with E-state index >= 15 is 0 Å². The van der Waals surface area contributed by atoms with E-state index in [1.54, 1.807) is 17.6 Å². The van der Waals surface area contributed by atoms with Crippen LogP contribution in [-0.2, 0) is 19.0 Å². The van der Waals surface area contributed by atoms with Gasteiger partial charge in [-0.25, -0.2) is 9.37 Å². The van der Waals surface area contributed by atoms with Crippen molar-refractivity contribution in [2.75, 3.05) is 0 Å². The Bertz CT molecular complexity index is 1040. The maximum Gasteiger partial charge on any atom is 0.387 e. The molecule has 2 aromatic carbocycles. The molecule has 1 N–H and O–H groups in total. The van der Waals surface area contributed by atoms with Crippen LogP contribution in [-0.4, -0.2) is 21.3 Å². The molecule has 3 aromatic rings. The van der Waals surface area contributed by atoms with Crippen LogP contribution in [0.4, 0.5) is 13.2 Å². The molecule has 0 fully saturated rings. The van der Waals surface area contributed by atoms with Gasteiger partial charge in [0, 0.05) is 20.6 Å². The lowest BCUT2D eigenvalue weighted by molar-refractivity contribution is -0.0510. The molecule has 0 saturated heterocycles. The van der Waals surface area contributed by atoms with E-state index in [0.29, 0.717) is 21.4 Å². The van der Waals surface area contributed by atoms with Crippen molar-refractivity contribution in [3.63, 3.8) is 0 Å². The van der Waals surface area contributed by atoms with Gasteiger partial charge in [0.2, 0.25) is 0 Å². The Morgan fingerprint density at radius 3 is 2.61 bits per heavy atom. The van der Waals surface area contributed by atoms with Crippen LogP contribution in [0.3, 0.4) is 0 Å². The van der Waals surface area contributed by atoms with Gasteiger partial charge in [0.1, 0.15) is 17.1 Å². The number of halogens is 6. The molecule has 0 aliphatic carbocycles. The standard InChI is InChI=1S/C18H14BrCl2F3N2O2/c1-8-2-12(21)11(7-27)10(17(8)28-18(23)24)6-26-14-4-9(19)3-13(22)16(14)25-15(26)5-20/h2-4,18,27H,5-7H2,1H3. The number of alkyl halides is 3. The van der Waals surface area contributed by atoms with E-state index in [9.17, 15) is 18.3 Å². The quantitative estimate of drug-likeness (QED) is 0.439. The van der Waals surface area contributed by atoms with Gasteiger partial charge in [-0.05, 0) is 30.7 Å². The average Bonchev–Trinajstić information content (AvgIpc) is 2.96. The van der Waals surface area contributed by atoms with E-state index in [1.165, 1.54) is 12.1 Å². The molecule has 0 spiro atoms. The predicted molar refractivity (Wildman–Crippen MR) is 105 cm³/mol. The number of imidazole rings is 1. The van der Waals surface area contributed by atoms with E-state index < -0.39 is 19.0 Å². The summed E-state index contributed by atoms with van der Waals surface area (Å²) in [5, 5.41) is 9.97. The van der Waals surface area contributed by atoms with Gasteiger partial charge in [-0.1, -0.05) is 27.5 Å². The van der Waals surface area contributed by atoms with Gasteiger partial charge >= 0.3 is 6.61 Å². The molecule has 4 nitrogen and oxygen atoms in total. The number of aliphatic hydroxyl groups is 1. The van der Waals surface area contributed by atoms with Gasteiger partial charge in [0.15, 0.2) is 5.82 Å². The zero-order valence-electron chi connectivity index (χ0n) is 14.4. The van der Waals surface area contributed by atoms with Gasteiger partial charge in [-0.15, -0.1) is 11.6 Å². The third kappa shape index (κ3) is 3.96. The van der Waals surface area contributed by atoms with Gasteiger partial charge in [-0.3, -0.25) is 0 Å². The summed E-state index contributed by atoms with van der Waals surface area (Å²) in [6.07, 6.45) is 0. The van der Waals surface area contributed by atoms with Crippen LogP contribution in [0.15, 0.2) is 22.7 Å². The second-order valence-electron chi connectivity index (χ2n) is 6.00. The number of ether oxygens (including phenoxy) is 1. The van der Waals surface area contributed by atoms with Crippen molar-refractivity contribution < 1.29 is 23.0 Å². The summed E-state index contributed by atoms with van der Waals surface area (Å²) in [5.41, 5.74) is 1.37. The highest BCUT2D eigenvalue weighted by Gasteiger charge is 2.22. The minimum absolute atomic E-state index is 0.0369. The summed E-state index contributed by atoms with van der Waals surface area (Å²) in [5.74, 6) is -0.354. The first kappa shape index (κ1) is 21.2. The molecular weight excluding hydrogens is 484 g/mol. The van der Waals surface area contributed by atoms with Gasteiger partial charge in [0.25, 0.3) is 0 Å². The molecular formula is C18H14BrCl2F3N2O2. The second kappa shape index (κ2) is 8.49. The van der Waals surface area contributed by atoms with Gasteiger partial charge < -0.3 is 14.4 Å². The third-order valence-corrected chi connectivity index (χ3v) is 5.31. The highest BCUT2D eigenvalue weighted by atomic mass is 79.9. The number of fused-ring (bicyclic) bond motifs is 1. The lowest BCUT2D eigenvalue weighted by Crippen LogP contribution is -2.13. The predicted octanol–water partition coefficient (Wildman–Crippen LogP) is 5.78. The molecule has 0 unspecified atom stereocenters. The molecule has 0 amide bonds. The van der Waals surface area contributed by atoms with Crippen molar-refractivity contribution in [2.45, 2.75) is 32.6 Å². The van der Waals surface area contributed by atoms with Crippen LogP contribution in [0, 0.1) is 12.7 Å². The Hall–Kier alpha value is -1.48. The van der Waals surface area contributed by atoms with Crippen molar-refractivity contribution in [1.82, 2.24) is 9.55 Å². The average molecular weight is 498 g/mol. The van der Waals surface area contributed by atoms with Crippen LogP contribution < -0.4 is 4.74 Å². The molecule has 0 saturated carbocycles. The zero-order valence-corrected chi connectivity index (χ0v) is 17.5. The molecule has 3 rings (SSSR count). The summed E-state index contributed by atoms with van der Waals surface area (Å²) < 4.78 is 47.0. The summed E-state index contributed by atoms with van der Waals surface area (Å²) in [6, 6.07) is 4.36. The molecule has 0 atom stereocenters. The van der Waals surface area contributed by atoms with Crippen LogP contribution in [0.1, 0.15) is 22.5 Å². The van der Waals surface area contributed by atoms with E-state index in [-0.39, 0.29) is 39.8 Å². The van der Waals surface area contributed by atoms with E-state index in [1.807, 2.05) is 0 Å². The zero-order chi connectivity index (χ0) is 20.6. The Balaban J connectivity index is 2.26. The summed E-state index contributed by atoms with van der Waals surface area (Å²) in [7, 11) is 0. The first-order valence-electron chi connectivity index (χ1n) is 8.03. The maximum absolute atomic E-state index is 14.3. The molecule has 150 valence electrons. The number of benzene rings is 2. The highest BCUT2D eigenvalue weighted by molar-refractivity contribution is 9.10.